The first-order valence-electron chi connectivity index (χ1n) is 28.4. The molecule has 5 saturated carbocycles. The molecule has 0 radical (unpaired) electrons. The van der Waals surface area contributed by atoms with Crippen LogP contribution >= 0.6 is 0 Å². The molecule has 10 aliphatic rings. The average molecular weight is 941 g/mol. The fourth-order valence-electron chi connectivity index (χ4n) is 17.3. The highest BCUT2D eigenvalue weighted by Gasteiger charge is 2.56. The first-order valence-corrected chi connectivity index (χ1v) is 28.4. The SMILES string of the molecule is CCC1(c2cccc(-c3c4c(cc5ccccc35)C3=CC=C5C6C(=CC=C4C36)C3C(c4ccccc4)=c4c(C6=CCCC=C6)c6ccccc6cc4=C(c4cccc(C67CCC(CC6)CC7)c4)C53)c2)CCCC1. The molecule has 4 atom stereocenters. The number of hydrogen-bond donors (Lipinski definition) is 0. The molecule has 7 aromatic carbocycles. The fourth-order valence-corrected chi connectivity index (χ4v) is 17.3. The van der Waals surface area contributed by atoms with Gasteiger partial charge in [0.15, 0.2) is 0 Å². The van der Waals surface area contributed by atoms with Gasteiger partial charge in [-0.25, -0.2) is 0 Å². The predicted molar refractivity (Wildman–Crippen MR) is 306 cm³/mol. The molecule has 10 aliphatic carbocycles. The van der Waals surface area contributed by atoms with Crippen molar-refractivity contribution >= 4 is 49.4 Å². The van der Waals surface area contributed by atoms with Crippen molar-refractivity contribution in [3.05, 3.63) is 243 Å². The molecular weight excluding hydrogens is 877 g/mol. The second-order valence-corrected chi connectivity index (χ2v) is 23.9. The zero-order chi connectivity index (χ0) is 48.0. The van der Waals surface area contributed by atoms with Crippen LogP contribution in [0.2, 0.25) is 0 Å². The van der Waals surface area contributed by atoms with Crippen LogP contribution < -0.4 is 10.4 Å². The van der Waals surface area contributed by atoms with E-state index in [2.05, 4.69) is 189 Å². The van der Waals surface area contributed by atoms with Gasteiger partial charge in [-0.1, -0.05) is 201 Å². The van der Waals surface area contributed by atoms with Crippen molar-refractivity contribution in [1.29, 1.82) is 0 Å². The Morgan fingerprint density at radius 2 is 1.14 bits per heavy atom. The van der Waals surface area contributed by atoms with Gasteiger partial charge in [0.2, 0.25) is 0 Å². The number of hydrogen-bond acceptors (Lipinski definition) is 0. The molecule has 73 heavy (non-hydrogen) atoms. The summed E-state index contributed by atoms with van der Waals surface area (Å²) in [5.74, 6) is 1.85. The minimum atomic E-state index is 0.183. The maximum Gasteiger partial charge on any atom is 0.0205 e. The molecular formula is C73H64. The van der Waals surface area contributed by atoms with Crippen LogP contribution in [0.1, 0.15) is 129 Å². The molecule has 5 fully saturated rings. The van der Waals surface area contributed by atoms with E-state index < -0.39 is 0 Å². The van der Waals surface area contributed by atoms with Crippen LogP contribution in [0, 0.1) is 29.6 Å². The van der Waals surface area contributed by atoms with Crippen molar-refractivity contribution in [2.75, 3.05) is 0 Å². The lowest BCUT2D eigenvalue weighted by molar-refractivity contribution is 0.136. The number of fused-ring (bicyclic) bond motifs is 12. The summed E-state index contributed by atoms with van der Waals surface area (Å²) in [6.07, 6.45) is 34.8. The Bertz CT molecular complexity index is 3840. The van der Waals surface area contributed by atoms with E-state index in [0.717, 1.165) is 18.8 Å². The number of allylic oxidation sites excluding steroid dienone is 12. The van der Waals surface area contributed by atoms with Gasteiger partial charge in [-0.05, 0) is 209 Å². The zero-order valence-electron chi connectivity index (χ0n) is 42.4. The second-order valence-electron chi connectivity index (χ2n) is 23.9. The molecule has 2 bridgehead atoms. The molecule has 0 saturated heterocycles. The van der Waals surface area contributed by atoms with Crippen molar-refractivity contribution < 1.29 is 0 Å². The lowest BCUT2D eigenvalue weighted by Gasteiger charge is -2.47. The summed E-state index contributed by atoms with van der Waals surface area (Å²) < 4.78 is 0. The van der Waals surface area contributed by atoms with Gasteiger partial charge in [0.1, 0.15) is 0 Å². The largest absolute Gasteiger partial charge is 0.0836 e. The molecule has 7 aromatic rings. The van der Waals surface area contributed by atoms with Gasteiger partial charge in [0.25, 0.3) is 0 Å². The molecule has 0 aromatic heterocycles. The molecule has 17 rings (SSSR count). The van der Waals surface area contributed by atoms with Crippen LogP contribution in [0.15, 0.2) is 193 Å². The van der Waals surface area contributed by atoms with Crippen LogP contribution in [0.5, 0.6) is 0 Å². The van der Waals surface area contributed by atoms with Crippen LogP contribution in [-0.2, 0) is 10.8 Å². The molecule has 0 heteroatoms. The van der Waals surface area contributed by atoms with Gasteiger partial charge < -0.3 is 0 Å². The summed E-state index contributed by atoms with van der Waals surface area (Å²) in [5.41, 5.74) is 24.4. The Labute approximate surface area is 431 Å². The highest BCUT2D eigenvalue weighted by atomic mass is 14.6. The van der Waals surface area contributed by atoms with Crippen LogP contribution in [0.3, 0.4) is 0 Å². The van der Waals surface area contributed by atoms with Gasteiger partial charge >= 0.3 is 0 Å². The first kappa shape index (κ1) is 42.7. The second kappa shape index (κ2) is 16.1. The number of benzene rings is 7. The average Bonchev–Trinajstić information content (AvgIpc) is 4.18. The van der Waals surface area contributed by atoms with Gasteiger partial charge in [0, 0.05) is 23.7 Å². The van der Waals surface area contributed by atoms with E-state index in [9.17, 15) is 0 Å². The minimum absolute atomic E-state index is 0.183. The van der Waals surface area contributed by atoms with E-state index in [1.54, 1.807) is 27.8 Å². The normalized spacial score (nSPS) is 26.7. The standard InChI is InChI=1S/C73H64/c1-2-72(36-13-14-37-72)52-25-15-23-50(41-52)63-55-28-12-9-21-48(55)43-60-56-29-30-58-67-59(32-31-57(66(56)67)68(60)63)70-65(47-19-7-4-8-20-47)71-61(44-49-22-10-11-27-54(49)62(71)46-17-5-3-6-18-46)64(69(58)70)51-24-16-26-53(42-51)73-38-33-45(34-39-73)35-40-73/h4-5,7-12,15-32,41-45,66-67,69-70H,2-3,6,13-14,33-40H2,1H3. The van der Waals surface area contributed by atoms with E-state index in [1.807, 2.05) is 0 Å². The number of rotatable bonds is 7. The quantitative estimate of drug-likeness (QED) is 0.149. The van der Waals surface area contributed by atoms with Crippen LogP contribution in [0.4, 0.5) is 0 Å². The topological polar surface area (TPSA) is 0 Å². The Kier molecular flexibility index (Phi) is 9.43. The molecule has 0 heterocycles. The zero-order valence-corrected chi connectivity index (χ0v) is 42.4. The third-order valence-corrected chi connectivity index (χ3v) is 20.8. The lowest BCUT2D eigenvalue weighted by Crippen LogP contribution is -2.42. The van der Waals surface area contributed by atoms with Crippen LogP contribution in [-0.4, -0.2) is 0 Å². The van der Waals surface area contributed by atoms with Gasteiger partial charge in [0.05, 0.1) is 0 Å². The van der Waals surface area contributed by atoms with E-state index >= 15 is 0 Å². The first-order chi connectivity index (χ1) is 36.1. The molecule has 4 unspecified atom stereocenters. The highest BCUT2D eigenvalue weighted by molar-refractivity contribution is 6.12. The van der Waals surface area contributed by atoms with E-state index in [-0.39, 0.29) is 29.1 Å². The summed E-state index contributed by atoms with van der Waals surface area (Å²) >= 11 is 0. The van der Waals surface area contributed by atoms with E-state index in [1.165, 1.54) is 164 Å². The van der Waals surface area contributed by atoms with Crippen molar-refractivity contribution in [2.45, 2.75) is 101 Å². The lowest BCUT2D eigenvalue weighted by atomic mass is 9.58. The minimum Gasteiger partial charge on any atom is -0.0836 e. The maximum atomic E-state index is 2.72. The summed E-state index contributed by atoms with van der Waals surface area (Å²) in [4.78, 5) is 0. The monoisotopic (exact) mass is 941 g/mol. The Morgan fingerprint density at radius 3 is 1.88 bits per heavy atom. The smallest absolute Gasteiger partial charge is 0.0205 e. The molecule has 0 N–H and O–H groups in total. The van der Waals surface area contributed by atoms with Gasteiger partial charge in [-0.15, -0.1) is 0 Å². The molecule has 0 aliphatic heterocycles. The van der Waals surface area contributed by atoms with Crippen molar-refractivity contribution in [2.24, 2.45) is 29.6 Å². The summed E-state index contributed by atoms with van der Waals surface area (Å²) in [6, 6.07) is 55.6. The van der Waals surface area contributed by atoms with E-state index in [4.69, 9.17) is 0 Å². The Balaban J connectivity index is 0.986. The molecule has 0 amide bonds. The molecule has 356 valence electrons. The van der Waals surface area contributed by atoms with Gasteiger partial charge in [-0.3, -0.25) is 0 Å². The third kappa shape index (κ3) is 6.08. The van der Waals surface area contributed by atoms with Crippen LogP contribution in [0.25, 0.3) is 60.5 Å². The molecule has 0 spiro atoms. The maximum absolute atomic E-state index is 2.72. The Hall–Kier alpha value is -6.76. The summed E-state index contributed by atoms with van der Waals surface area (Å²) in [6.45, 7) is 2.43. The van der Waals surface area contributed by atoms with Crippen molar-refractivity contribution in [3.8, 4) is 11.1 Å². The third-order valence-electron chi connectivity index (χ3n) is 20.8. The summed E-state index contributed by atoms with van der Waals surface area (Å²) in [7, 11) is 0. The predicted octanol–water partition coefficient (Wildman–Crippen LogP) is 17.1. The van der Waals surface area contributed by atoms with Crippen molar-refractivity contribution in [3.63, 3.8) is 0 Å². The summed E-state index contributed by atoms with van der Waals surface area (Å²) in [5, 5.41) is 8.32. The highest BCUT2D eigenvalue weighted by Crippen LogP contribution is 2.67. The fraction of sp³-hybridized carbons (Fsp3) is 0.288. The van der Waals surface area contributed by atoms with E-state index in [0.29, 0.717) is 5.41 Å². The Morgan fingerprint density at radius 1 is 0.493 bits per heavy atom. The molecule has 0 nitrogen and oxygen atoms in total. The van der Waals surface area contributed by atoms with Gasteiger partial charge in [-0.2, -0.15) is 0 Å². The van der Waals surface area contributed by atoms with Crippen molar-refractivity contribution in [1.82, 2.24) is 0 Å².